The van der Waals surface area contributed by atoms with Gasteiger partial charge in [-0.25, -0.2) is 0 Å². The summed E-state index contributed by atoms with van der Waals surface area (Å²) in [6, 6.07) is 22.4. The van der Waals surface area contributed by atoms with Crippen molar-refractivity contribution < 1.29 is 75.7 Å². The first kappa shape index (κ1) is 53.8. The van der Waals surface area contributed by atoms with Crippen LogP contribution in [0.2, 0.25) is 0 Å². The van der Waals surface area contributed by atoms with Crippen LogP contribution >= 0.6 is 0 Å². The SMILES string of the molecule is COC(=O)Cc1c(C)oc2c(O)cccc12.COC(=O)Cc1c(C)oc2c(OC3CCCCO3)cccc12.COc1cccc2c(CCO)c(C)oc12.Cc1oc2c(OC3CCCCO3)cccc2c1CCO. The lowest BCUT2D eigenvalue weighted by atomic mass is 10.1. The number of aliphatic hydroxyl groups is 2. The summed E-state index contributed by atoms with van der Waals surface area (Å²) in [4.78, 5) is 22.8. The highest BCUT2D eigenvalue weighted by Crippen LogP contribution is 2.37. The average Bonchev–Trinajstić information content (AvgIpc) is 4.12. The van der Waals surface area contributed by atoms with Crippen LogP contribution in [0.3, 0.4) is 0 Å². The summed E-state index contributed by atoms with van der Waals surface area (Å²) in [5, 5.41) is 31.4. The van der Waals surface area contributed by atoms with Gasteiger partial charge in [0.1, 0.15) is 23.0 Å². The number of carbonyl (C=O) groups is 2. The van der Waals surface area contributed by atoms with Crippen molar-refractivity contribution in [2.75, 3.05) is 47.8 Å². The van der Waals surface area contributed by atoms with Crippen molar-refractivity contribution in [2.24, 2.45) is 0 Å². The third-order valence-corrected chi connectivity index (χ3v) is 12.8. The first-order chi connectivity index (χ1) is 35.4. The van der Waals surface area contributed by atoms with E-state index in [1.807, 2.05) is 81.4 Å². The van der Waals surface area contributed by atoms with Gasteiger partial charge < -0.3 is 66.1 Å². The van der Waals surface area contributed by atoms with Crippen molar-refractivity contribution in [1.29, 1.82) is 0 Å². The van der Waals surface area contributed by atoms with E-state index < -0.39 is 0 Å². The normalized spacial score (nSPS) is 15.4. The molecule has 0 radical (unpaired) electrons. The zero-order chi connectivity index (χ0) is 52.0. The molecular weight excluding hydrogens is 941 g/mol. The Bertz CT molecular complexity index is 3080. The van der Waals surface area contributed by atoms with Gasteiger partial charge in [0.25, 0.3) is 0 Å². The standard InChI is InChI=1S/C17H20O5.C16H20O4.C12H12O4.C12H14O3/c1-11-13(10-15(18)19-2)12-6-5-7-14(17(12)21-11)22-16-8-3-4-9-20-16;1-11-12(8-9-17)13-5-4-6-14(16(13)19-11)20-15-7-2-3-10-18-15;1-7-9(6-11(14)15-2)8-4-3-5-10(13)12(8)16-7;1-8-9(6-7-13)10-4-3-5-11(14-2)12(10)15-8/h5-7,16H,3-4,8-10H2,1-2H3;4-6,15,17H,2-3,7-10H2,1H3;3-5,13H,6H2,1-2H3;3-5,13H,6-7H2,1-2H3. The lowest BCUT2D eigenvalue weighted by Gasteiger charge is -2.23. The van der Waals surface area contributed by atoms with Gasteiger partial charge >= 0.3 is 11.9 Å². The monoisotopic (exact) mass is 1010 g/mol. The van der Waals surface area contributed by atoms with Crippen LogP contribution in [0.15, 0.2) is 90.5 Å². The van der Waals surface area contributed by atoms with E-state index >= 15 is 0 Å². The third-order valence-electron chi connectivity index (χ3n) is 12.8. The van der Waals surface area contributed by atoms with Crippen LogP contribution in [-0.2, 0) is 54.2 Å². The first-order valence-electron chi connectivity index (χ1n) is 24.6. The molecule has 4 aromatic heterocycles. The highest BCUT2D eigenvalue weighted by molar-refractivity contribution is 5.92. The van der Waals surface area contributed by atoms with Crippen molar-refractivity contribution in [1.82, 2.24) is 0 Å². The summed E-state index contributed by atoms with van der Waals surface area (Å²) in [5.41, 5.74) is 6.31. The summed E-state index contributed by atoms with van der Waals surface area (Å²) in [6.07, 6.45) is 7.36. The number of para-hydroxylation sites is 4. The van der Waals surface area contributed by atoms with E-state index in [9.17, 15) is 14.7 Å². The molecule has 0 aliphatic carbocycles. The number of esters is 2. The zero-order valence-corrected chi connectivity index (χ0v) is 42.6. The maximum absolute atomic E-state index is 11.6. The fraction of sp³-hybridized carbons (Fsp3) is 0.404. The molecule has 16 heteroatoms. The fourth-order valence-corrected chi connectivity index (χ4v) is 9.02. The number of aromatic hydroxyl groups is 1. The molecule has 2 atom stereocenters. The lowest BCUT2D eigenvalue weighted by molar-refractivity contribution is -0.140. The molecule has 2 aliphatic rings. The summed E-state index contributed by atoms with van der Waals surface area (Å²) in [5.74, 6) is 4.62. The number of fused-ring (bicyclic) bond motifs is 4. The predicted molar refractivity (Wildman–Crippen MR) is 273 cm³/mol. The number of aryl methyl sites for hydroxylation is 4. The Morgan fingerprint density at radius 2 is 0.877 bits per heavy atom. The van der Waals surface area contributed by atoms with E-state index in [4.69, 9.17) is 56.3 Å². The van der Waals surface area contributed by atoms with Gasteiger partial charge in [-0.15, -0.1) is 0 Å². The number of methoxy groups -OCH3 is 3. The zero-order valence-electron chi connectivity index (χ0n) is 42.6. The molecule has 3 N–H and O–H groups in total. The first-order valence-corrected chi connectivity index (χ1v) is 24.6. The van der Waals surface area contributed by atoms with Crippen molar-refractivity contribution in [3.8, 4) is 23.0 Å². The van der Waals surface area contributed by atoms with Crippen LogP contribution < -0.4 is 14.2 Å². The van der Waals surface area contributed by atoms with Crippen LogP contribution in [0, 0.1) is 27.7 Å². The van der Waals surface area contributed by atoms with Crippen molar-refractivity contribution in [3.05, 3.63) is 118 Å². The number of furan rings is 4. The van der Waals surface area contributed by atoms with Crippen molar-refractivity contribution >= 4 is 55.8 Å². The molecule has 2 fully saturated rings. The second-order valence-electron chi connectivity index (χ2n) is 17.6. The number of phenols is 1. The Hall–Kier alpha value is -6.98. The van der Waals surface area contributed by atoms with Gasteiger partial charge in [0.15, 0.2) is 57.9 Å². The maximum Gasteiger partial charge on any atom is 0.310 e. The molecule has 0 amide bonds. The van der Waals surface area contributed by atoms with Crippen LogP contribution in [-0.4, -0.2) is 87.6 Å². The molecule has 0 spiro atoms. The van der Waals surface area contributed by atoms with E-state index in [0.29, 0.717) is 41.3 Å². The minimum Gasteiger partial charge on any atom is -0.504 e. The van der Waals surface area contributed by atoms with Crippen LogP contribution in [0.5, 0.6) is 23.0 Å². The smallest absolute Gasteiger partial charge is 0.310 e. The van der Waals surface area contributed by atoms with Gasteiger partial charge in [0.2, 0.25) is 0 Å². The Morgan fingerprint density at radius 1 is 0.507 bits per heavy atom. The molecular formula is C57H66O16. The van der Waals surface area contributed by atoms with Gasteiger partial charge in [-0.2, -0.15) is 0 Å². The molecule has 2 saturated heterocycles. The van der Waals surface area contributed by atoms with Crippen LogP contribution in [0.1, 0.15) is 83.8 Å². The minimum atomic E-state index is -0.325. The molecule has 8 aromatic rings. The van der Waals surface area contributed by atoms with Gasteiger partial charge in [-0.3, -0.25) is 9.59 Å². The molecule has 10 rings (SSSR count). The van der Waals surface area contributed by atoms with E-state index in [2.05, 4.69) is 4.74 Å². The van der Waals surface area contributed by atoms with Crippen LogP contribution in [0.4, 0.5) is 0 Å². The molecule has 2 aliphatic heterocycles. The number of aliphatic hydroxyl groups excluding tert-OH is 2. The van der Waals surface area contributed by atoms with Gasteiger partial charge in [-0.05, 0) is 90.5 Å². The van der Waals surface area contributed by atoms with E-state index in [-0.39, 0.29) is 56.3 Å². The number of hydrogen-bond acceptors (Lipinski definition) is 16. The number of benzene rings is 4. The summed E-state index contributed by atoms with van der Waals surface area (Å²) in [7, 11) is 4.35. The number of phenolic OH excluding ortho intramolecular Hbond substituents is 1. The largest absolute Gasteiger partial charge is 0.504 e. The summed E-state index contributed by atoms with van der Waals surface area (Å²) >= 11 is 0. The maximum atomic E-state index is 11.6. The Morgan fingerprint density at radius 3 is 1.27 bits per heavy atom. The number of rotatable bonds is 13. The quantitative estimate of drug-likeness (QED) is 0.0917. The summed E-state index contributed by atoms with van der Waals surface area (Å²) in [6.45, 7) is 9.17. The highest BCUT2D eigenvalue weighted by atomic mass is 16.7. The molecule has 6 heterocycles. The Labute approximate surface area is 423 Å². The number of ether oxygens (including phenoxy) is 7. The number of carbonyl (C=O) groups excluding carboxylic acids is 2. The van der Waals surface area contributed by atoms with Gasteiger partial charge in [0.05, 0.1) is 47.4 Å². The summed E-state index contributed by atoms with van der Waals surface area (Å²) < 4.78 is 60.4. The van der Waals surface area contributed by atoms with Gasteiger partial charge in [-0.1, -0.05) is 48.5 Å². The molecule has 390 valence electrons. The topological polar surface area (TPSA) is 212 Å². The average molecular weight is 1010 g/mol. The van der Waals surface area contributed by atoms with Crippen molar-refractivity contribution in [3.63, 3.8) is 0 Å². The third kappa shape index (κ3) is 13.0. The lowest BCUT2D eigenvalue weighted by Crippen LogP contribution is -2.25. The Balaban J connectivity index is 0.000000144. The van der Waals surface area contributed by atoms with Gasteiger partial charge in [0, 0.05) is 69.9 Å². The molecule has 4 aromatic carbocycles. The second kappa shape index (κ2) is 25.6. The predicted octanol–water partition coefficient (Wildman–Crippen LogP) is 11.0. The second-order valence-corrected chi connectivity index (χ2v) is 17.6. The minimum absolute atomic E-state index is 0.0803. The highest BCUT2D eigenvalue weighted by Gasteiger charge is 2.23. The molecule has 0 saturated carbocycles. The van der Waals surface area contributed by atoms with Crippen LogP contribution in [0.25, 0.3) is 43.9 Å². The number of hydrogen-bond donors (Lipinski definition) is 3. The van der Waals surface area contributed by atoms with E-state index in [1.54, 1.807) is 26.2 Å². The van der Waals surface area contributed by atoms with Crippen molar-refractivity contribution in [2.45, 2.75) is 104 Å². The molecule has 0 bridgehead atoms. The molecule has 16 nitrogen and oxygen atoms in total. The van der Waals surface area contributed by atoms with E-state index in [1.165, 1.54) is 14.2 Å². The van der Waals surface area contributed by atoms with E-state index in [0.717, 1.165) is 130 Å². The fourth-order valence-electron chi connectivity index (χ4n) is 9.02. The molecule has 73 heavy (non-hydrogen) atoms. The molecule has 2 unspecified atom stereocenters. The Kier molecular flexibility index (Phi) is 18.9.